The fraction of sp³-hybridized carbons (Fsp3) is 0.556. The van der Waals surface area contributed by atoms with Crippen molar-refractivity contribution in [2.24, 2.45) is 4.99 Å². The zero-order chi connectivity index (χ0) is 17.6. The number of rotatable bonds is 10. The van der Waals surface area contributed by atoms with Gasteiger partial charge < -0.3 is 16.0 Å². The van der Waals surface area contributed by atoms with Crippen molar-refractivity contribution in [3.63, 3.8) is 0 Å². The maximum atomic E-state index is 11.6. The fourth-order valence-corrected chi connectivity index (χ4v) is 2.63. The van der Waals surface area contributed by atoms with E-state index in [1.165, 1.54) is 12.2 Å². The van der Waals surface area contributed by atoms with E-state index < -0.39 is 0 Å². The van der Waals surface area contributed by atoms with Crippen molar-refractivity contribution in [2.45, 2.75) is 39.2 Å². The number of nitrogens with zero attached hydrogens (tertiary/aromatic N) is 1. The lowest BCUT2D eigenvalue weighted by Crippen LogP contribution is -2.37. The Morgan fingerprint density at radius 2 is 1.88 bits per heavy atom. The number of hydrogen-bond donors (Lipinski definition) is 3. The quantitative estimate of drug-likeness (QED) is 0.207. The molecule has 0 atom stereocenters. The summed E-state index contributed by atoms with van der Waals surface area (Å²) >= 11 is 1.88. The molecule has 0 spiro atoms. The lowest BCUT2D eigenvalue weighted by Gasteiger charge is -2.12. The average molecular weight is 478 g/mol. The second-order valence-corrected chi connectivity index (χ2v) is 6.53. The molecule has 0 aliphatic carbocycles. The lowest BCUT2D eigenvalue weighted by molar-refractivity contribution is -0.116. The first-order chi connectivity index (χ1) is 11.7. The van der Waals surface area contributed by atoms with Crippen LogP contribution in [-0.2, 0) is 11.3 Å². The summed E-state index contributed by atoms with van der Waals surface area (Å²) in [6.45, 7) is 3.63. The Morgan fingerprint density at radius 3 is 2.48 bits per heavy atom. The van der Waals surface area contributed by atoms with E-state index >= 15 is 0 Å². The molecule has 142 valence electrons. The molecule has 0 saturated heterocycles. The van der Waals surface area contributed by atoms with Gasteiger partial charge in [-0.2, -0.15) is 11.8 Å². The van der Waals surface area contributed by atoms with Gasteiger partial charge in [0.25, 0.3) is 0 Å². The minimum absolute atomic E-state index is 0. The molecule has 1 amide bonds. The molecule has 0 bridgehead atoms. The smallest absolute Gasteiger partial charge is 0.224 e. The molecule has 1 rings (SSSR count). The second kappa shape index (κ2) is 15.3. The minimum atomic E-state index is 0. The van der Waals surface area contributed by atoms with E-state index in [0.29, 0.717) is 13.0 Å². The number of carbonyl (C=O) groups excluding carboxylic acids is 1. The molecule has 5 nitrogen and oxygen atoms in total. The predicted octanol–water partition coefficient (Wildman–Crippen LogP) is 3.85. The summed E-state index contributed by atoms with van der Waals surface area (Å²) in [6, 6.07) is 7.90. The van der Waals surface area contributed by atoms with Crippen molar-refractivity contribution in [1.29, 1.82) is 0 Å². The zero-order valence-electron chi connectivity index (χ0n) is 15.4. The molecule has 0 heterocycles. The Labute approximate surface area is 173 Å². The molecule has 0 aliphatic heterocycles. The number of hydrogen-bond acceptors (Lipinski definition) is 3. The van der Waals surface area contributed by atoms with Crippen LogP contribution in [0, 0.1) is 0 Å². The number of guanidine groups is 1. The first-order valence-corrected chi connectivity index (χ1v) is 9.91. The summed E-state index contributed by atoms with van der Waals surface area (Å²) in [7, 11) is 1.78. The third kappa shape index (κ3) is 11.3. The Kier molecular flexibility index (Phi) is 14.7. The number of amides is 1. The number of carbonyl (C=O) groups is 1. The van der Waals surface area contributed by atoms with Crippen molar-refractivity contribution in [2.75, 3.05) is 30.9 Å². The molecule has 7 heteroatoms. The van der Waals surface area contributed by atoms with Crippen LogP contribution < -0.4 is 16.0 Å². The number of nitrogens with one attached hydrogen (secondary N) is 3. The van der Waals surface area contributed by atoms with Crippen LogP contribution in [-0.4, -0.2) is 37.5 Å². The Hall–Kier alpha value is -0.960. The van der Waals surface area contributed by atoms with Gasteiger partial charge in [-0.05, 0) is 49.0 Å². The van der Waals surface area contributed by atoms with Gasteiger partial charge in [-0.3, -0.25) is 9.79 Å². The van der Waals surface area contributed by atoms with Crippen LogP contribution in [0.3, 0.4) is 0 Å². The predicted molar refractivity (Wildman–Crippen MR) is 121 cm³/mol. The van der Waals surface area contributed by atoms with Crippen molar-refractivity contribution in [1.82, 2.24) is 10.6 Å². The Morgan fingerprint density at radius 1 is 1.16 bits per heavy atom. The van der Waals surface area contributed by atoms with Crippen LogP contribution in [0.4, 0.5) is 5.69 Å². The van der Waals surface area contributed by atoms with Gasteiger partial charge in [-0.1, -0.05) is 19.1 Å². The van der Waals surface area contributed by atoms with Gasteiger partial charge in [-0.15, -0.1) is 24.0 Å². The zero-order valence-corrected chi connectivity index (χ0v) is 18.6. The van der Waals surface area contributed by atoms with E-state index in [4.69, 9.17) is 0 Å². The highest BCUT2D eigenvalue weighted by Gasteiger charge is 2.02. The first-order valence-electron chi connectivity index (χ1n) is 8.51. The van der Waals surface area contributed by atoms with E-state index in [-0.39, 0.29) is 29.9 Å². The average Bonchev–Trinajstić information content (AvgIpc) is 2.59. The number of thioether (sulfide) groups is 1. The van der Waals surface area contributed by atoms with Crippen LogP contribution in [0.5, 0.6) is 0 Å². The molecule has 3 N–H and O–H groups in total. The molecular formula is C18H31IN4OS. The molecule has 0 aliphatic rings. The number of aliphatic imine (C=N–C) groups is 1. The fourth-order valence-electron chi connectivity index (χ4n) is 2.14. The van der Waals surface area contributed by atoms with E-state index in [9.17, 15) is 4.79 Å². The van der Waals surface area contributed by atoms with E-state index in [1.807, 2.05) is 43.0 Å². The lowest BCUT2D eigenvalue weighted by atomic mass is 10.2. The highest BCUT2D eigenvalue weighted by atomic mass is 127. The van der Waals surface area contributed by atoms with E-state index in [0.717, 1.165) is 36.6 Å². The van der Waals surface area contributed by atoms with Gasteiger partial charge >= 0.3 is 0 Å². The van der Waals surface area contributed by atoms with Crippen molar-refractivity contribution >= 4 is 53.3 Å². The van der Waals surface area contributed by atoms with Gasteiger partial charge in [0.15, 0.2) is 5.96 Å². The summed E-state index contributed by atoms with van der Waals surface area (Å²) in [4.78, 5) is 15.8. The summed E-state index contributed by atoms with van der Waals surface area (Å²) < 4.78 is 0. The van der Waals surface area contributed by atoms with Gasteiger partial charge in [0.1, 0.15) is 0 Å². The highest BCUT2D eigenvalue weighted by Crippen LogP contribution is 2.10. The largest absolute Gasteiger partial charge is 0.356 e. The van der Waals surface area contributed by atoms with Crippen molar-refractivity contribution < 1.29 is 4.79 Å². The summed E-state index contributed by atoms with van der Waals surface area (Å²) in [6.07, 6.45) is 5.91. The topological polar surface area (TPSA) is 65.5 Å². The molecule has 0 saturated carbocycles. The highest BCUT2D eigenvalue weighted by molar-refractivity contribution is 14.0. The van der Waals surface area contributed by atoms with Crippen LogP contribution in [0.15, 0.2) is 29.3 Å². The van der Waals surface area contributed by atoms with Crippen LogP contribution in [0.1, 0.15) is 38.2 Å². The molecule has 0 unspecified atom stereocenters. The van der Waals surface area contributed by atoms with Crippen LogP contribution in [0.2, 0.25) is 0 Å². The molecular weight excluding hydrogens is 447 g/mol. The minimum Gasteiger partial charge on any atom is -0.356 e. The summed E-state index contributed by atoms with van der Waals surface area (Å²) in [5.41, 5.74) is 1.99. The van der Waals surface area contributed by atoms with Crippen LogP contribution >= 0.6 is 35.7 Å². The number of benzene rings is 1. The van der Waals surface area contributed by atoms with E-state index in [1.54, 1.807) is 7.05 Å². The maximum absolute atomic E-state index is 11.6. The van der Waals surface area contributed by atoms with Crippen LogP contribution in [0.25, 0.3) is 0 Å². The maximum Gasteiger partial charge on any atom is 0.224 e. The molecule has 0 fully saturated rings. The van der Waals surface area contributed by atoms with E-state index in [2.05, 4.69) is 27.2 Å². The standard InChI is InChI=1S/C18H30N4OS.HI/c1-4-7-17(23)22-16-10-8-15(9-11-16)14-21-18(19-2)20-12-5-6-13-24-3;/h8-11H,4-7,12-14H2,1-3H3,(H,22,23)(H2,19,20,21);1H. The molecule has 0 aromatic heterocycles. The Bertz CT molecular complexity index is 508. The third-order valence-electron chi connectivity index (χ3n) is 3.47. The molecule has 0 radical (unpaired) electrons. The van der Waals surface area contributed by atoms with Crippen molar-refractivity contribution in [3.8, 4) is 0 Å². The monoisotopic (exact) mass is 478 g/mol. The molecule has 1 aromatic rings. The Balaban J connectivity index is 0.00000576. The molecule has 1 aromatic carbocycles. The number of halogens is 1. The third-order valence-corrected chi connectivity index (χ3v) is 4.16. The number of unbranched alkanes of at least 4 members (excludes halogenated alkanes) is 1. The number of anilines is 1. The summed E-state index contributed by atoms with van der Waals surface area (Å²) in [5.74, 6) is 2.09. The normalized spacial score (nSPS) is 10.8. The first kappa shape index (κ1) is 24.0. The van der Waals surface area contributed by atoms with Gasteiger partial charge in [0.2, 0.25) is 5.91 Å². The van der Waals surface area contributed by atoms with Gasteiger partial charge in [0.05, 0.1) is 0 Å². The van der Waals surface area contributed by atoms with Crippen molar-refractivity contribution in [3.05, 3.63) is 29.8 Å². The van der Waals surface area contributed by atoms with Gasteiger partial charge in [-0.25, -0.2) is 0 Å². The van der Waals surface area contributed by atoms with Gasteiger partial charge in [0, 0.05) is 32.2 Å². The molecule has 25 heavy (non-hydrogen) atoms. The SMILES string of the molecule is CCCC(=O)Nc1ccc(CNC(=NC)NCCCCSC)cc1.I. The summed E-state index contributed by atoms with van der Waals surface area (Å²) in [5, 5.41) is 9.52. The second-order valence-electron chi connectivity index (χ2n) is 5.55.